The molecule has 1 aromatic heterocycles. The van der Waals surface area contributed by atoms with Crippen molar-refractivity contribution in [3.63, 3.8) is 0 Å². The third-order valence-corrected chi connectivity index (χ3v) is 2.61. The van der Waals surface area contributed by atoms with Crippen molar-refractivity contribution >= 4 is 12.1 Å². The second-order valence-electron chi connectivity index (χ2n) is 3.99. The van der Waals surface area contributed by atoms with Gasteiger partial charge >= 0.3 is 0 Å². The number of nitriles is 1. The number of rotatable bonds is 4. The standard InChI is InChI=1S/C14H14N4O/c1-3-11-4-6-12(7-5-11)9-16-18-14-13(8-15)17-10(2)19-14/h4-7,9,18H,3H2,1-2H3/b16-9-. The van der Waals surface area contributed by atoms with Gasteiger partial charge in [0, 0.05) is 6.92 Å². The molecule has 0 saturated heterocycles. The van der Waals surface area contributed by atoms with Crippen LogP contribution in [-0.4, -0.2) is 11.2 Å². The second kappa shape index (κ2) is 5.83. The molecule has 96 valence electrons. The molecule has 0 amide bonds. The predicted molar refractivity (Wildman–Crippen MR) is 73.0 cm³/mol. The molecule has 0 spiro atoms. The summed E-state index contributed by atoms with van der Waals surface area (Å²) in [6.45, 7) is 3.79. The van der Waals surface area contributed by atoms with E-state index in [4.69, 9.17) is 9.68 Å². The quantitative estimate of drug-likeness (QED) is 0.672. The number of hydrazone groups is 1. The lowest BCUT2D eigenvalue weighted by Crippen LogP contribution is -1.91. The van der Waals surface area contributed by atoms with E-state index in [9.17, 15) is 0 Å². The van der Waals surface area contributed by atoms with Crippen LogP contribution < -0.4 is 5.43 Å². The Hall–Kier alpha value is -2.61. The summed E-state index contributed by atoms with van der Waals surface area (Å²) in [7, 11) is 0. The van der Waals surface area contributed by atoms with Crippen molar-refractivity contribution in [1.29, 1.82) is 5.26 Å². The summed E-state index contributed by atoms with van der Waals surface area (Å²) in [6, 6.07) is 10.0. The van der Waals surface area contributed by atoms with Crippen molar-refractivity contribution in [3.8, 4) is 6.07 Å². The molecule has 5 heteroatoms. The van der Waals surface area contributed by atoms with Crippen LogP contribution in [0.2, 0.25) is 0 Å². The van der Waals surface area contributed by atoms with E-state index < -0.39 is 0 Å². The zero-order valence-corrected chi connectivity index (χ0v) is 10.8. The van der Waals surface area contributed by atoms with Crippen molar-refractivity contribution in [2.75, 3.05) is 5.43 Å². The highest BCUT2D eigenvalue weighted by Gasteiger charge is 2.08. The largest absolute Gasteiger partial charge is 0.422 e. The number of aryl methyl sites for hydroxylation is 2. The van der Waals surface area contributed by atoms with Gasteiger partial charge in [-0.2, -0.15) is 10.4 Å². The molecule has 1 N–H and O–H groups in total. The van der Waals surface area contributed by atoms with Crippen LogP contribution in [0.5, 0.6) is 0 Å². The molecule has 1 heterocycles. The van der Waals surface area contributed by atoms with Gasteiger partial charge in [0.05, 0.1) is 6.21 Å². The fourth-order valence-electron chi connectivity index (χ4n) is 1.58. The van der Waals surface area contributed by atoms with Crippen molar-refractivity contribution in [2.24, 2.45) is 5.10 Å². The monoisotopic (exact) mass is 254 g/mol. The van der Waals surface area contributed by atoms with Crippen LogP contribution in [0.25, 0.3) is 0 Å². The molecular formula is C14H14N4O. The number of benzene rings is 1. The summed E-state index contributed by atoms with van der Waals surface area (Å²) < 4.78 is 5.22. The third-order valence-electron chi connectivity index (χ3n) is 2.61. The highest BCUT2D eigenvalue weighted by atomic mass is 16.4. The van der Waals surface area contributed by atoms with E-state index in [1.165, 1.54) is 5.56 Å². The minimum absolute atomic E-state index is 0.205. The van der Waals surface area contributed by atoms with E-state index in [2.05, 4.69) is 34.6 Å². The van der Waals surface area contributed by atoms with Crippen molar-refractivity contribution in [1.82, 2.24) is 4.98 Å². The Bertz CT molecular complexity index is 620. The molecule has 0 unspecified atom stereocenters. The molecule has 0 radical (unpaired) electrons. The van der Waals surface area contributed by atoms with Crippen molar-refractivity contribution < 1.29 is 4.42 Å². The average molecular weight is 254 g/mol. The number of nitrogens with one attached hydrogen (secondary N) is 1. The molecule has 5 nitrogen and oxygen atoms in total. The van der Waals surface area contributed by atoms with E-state index in [1.54, 1.807) is 13.1 Å². The summed E-state index contributed by atoms with van der Waals surface area (Å²) >= 11 is 0. The van der Waals surface area contributed by atoms with Crippen LogP contribution in [0.3, 0.4) is 0 Å². The molecule has 0 fully saturated rings. The number of nitrogens with zero attached hydrogens (tertiary/aromatic N) is 3. The lowest BCUT2D eigenvalue weighted by atomic mass is 10.1. The van der Waals surface area contributed by atoms with Gasteiger partial charge < -0.3 is 4.42 Å². The van der Waals surface area contributed by atoms with Crippen LogP contribution in [-0.2, 0) is 6.42 Å². The highest BCUT2D eigenvalue weighted by Crippen LogP contribution is 2.15. The Kier molecular flexibility index (Phi) is 3.94. The lowest BCUT2D eigenvalue weighted by Gasteiger charge is -1.97. The molecule has 0 aliphatic carbocycles. The molecule has 0 bridgehead atoms. The van der Waals surface area contributed by atoms with E-state index in [0.717, 1.165) is 12.0 Å². The van der Waals surface area contributed by atoms with Gasteiger partial charge in [0.15, 0.2) is 5.89 Å². The predicted octanol–water partition coefficient (Wildman–Crippen LogP) is 2.86. The maximum Gasteiger partial charge on any atom is 0.252 e. The maximum atomic E-state index is 8.84. The molecule has 0 aliphatic heterocycles. The smallest absolute Gasteiger partial charge is 0.252 e. The first-order valence-electron chi connectivity index (χ1n) is 5.98. The van der Waals surface area contributed by atoms with E-state index >= 15 is 0 Å². The van der Waals surface area contributed by atoms with Gasteiger partial charge in [-0.1, -0.05) is 31.2 Å². The van der Waals surface area contributed by atoms with E-state index in [0.29, 0.717) is 5.89 Å². The van der Waals surface area contributed by atoms with Crippen LogP contribution in [0.4, 0.5) is 5.88 Å². The molecular weight excluding hydrogens is 240 g/mol. The van der Waals surface area contributed by atoms with Crippen LogP contribution in [0.15, 0.2) is 33.8 Å². The van der Waals surface area contributed by atoms with Gasteiger partial charge in [-0.15, -0.1) is 0 Å². The first kappa shape index (κ1) is 12.8. The minimum Gasteiger partial charge on any atom is -0.422 e. The van der Waals surface area contributed by atoms with E-state index in [-0.39, 0.29) is 11.6 Å². The van der Waals surface area contributed by atoms with E-state index in [1.807, 2.05) is 18.2 Å². The Morgan fingerprint density at radius 2 is 2.16 bits per heavy atom. The first-order valence-corrected chi connectivity index (χ1v) is 5.98. The van der Waals surface area contributed by atoms with Crippen LogP contribution in [0.1, 0.15) is 29.6 Å². The summed E-state index contributed by atoms with van der Waals surface area (Å²) in [5.74, 6) is 0.697. The molecule has 19 heavy (non-hydrogen) atoms. The Labute approximate surface area is 111 Å². The Morgan fingerprint density at radius 1 is 1.42 bits per heavy atom. The number of oxazole rings is 1. The summed E-state index contributed by atoms with van der Waals surface area (Å²) in [4.78, 5) is 3.91. The van der Waals surface area contributed by atoms with Gasteiger partial charge in [0.25, 0.3) is 5.88 Å². The fourth-order valence-corrected chi connectivity index (χ4v) is 1.58. The van der Waals surface area contributed by atoms with Gasteiger partial charge in [-0.05, 0) is 17.5 Å². The Balaban J connectivity index is 2.04. The van der Waals surface area contributed by atoms with Gasteiger partial charge in [-0.25, -0.2) is 10.4 Å². The fraction of sp³-hybridized carbons (Fsp3) is 0.214. The topological polar surface area (TPSA) is 74.2 Å². The van der Waals surface area contributed by atoms with Crippen molar-refractivity contribution in [3.05, 3.63) is 47.0 Å². The molecule has 0 saturated carbocycles. The summed E-state index contributed by atoms with van der Waals surface area (Å²) in [6.07, 6.45) is 2.68. The number of aromatic nitrogens is 1. The highest BCUT2D eigenvalue weighted by molar-refractivity contribution is 5.80. The van der Waals surface area contributed by atoms with Gasteiger partial charge in [0.1, 0.15) is 6.07 Å². The maximum absolute atomic E-state index is 8.84. The zero-order chi connectivity index (χ0) is 13.7. The number of anilines is 1. The summed E-state index contributed by atoms with van der Waals surface area (Å²) in [5, 5.41) is 12.9. The lowest BCUT2D eigenvalue weighted by molar-refractivity contribution is 0.533. The SMILES string of the molecule is CCc1ccc(/C=N\Nc2oc(C)nc2C#N)cc1. The van der Waals surface area contributed by atoms with Crippen molar-refractivity contribution in [2.45, 2.75) is 20.3 Å². The molecule has 2 rings (SSSR count). The number of hydrogen-bond donors (Lipinski definition) is 1. The molecule has 0 aliphatic rings. The molecule has 1 aromatic carbocycles. The number of hydrogen-bond acceptors (Lipinski definition) is 5. The average Bonchev–Trinajstić information content (AvgIpc) is 2.80. The Morgan fingerprint density at radius 3 is 2.79 bits per heavy atom. The van der Waals surface area contributed by atoms with Gasteiger partial charge in [0.2, 0.25) is 5.69 Å². The minimum atomic E-state index is 0.205. The molecule has 2 aromatic rings. The zero-order valence-electron chi connectivity index (χ0n) is 10.8. The van der Waals surface area contributed by atoms with Crippen LogP contribution in [0, 0.1) is 18.3 Å². The van der Waals surface area contributed by atoms with Crippen LogP contribution >= 0.6 is 0 Å². The first-order chi connectivity index (χ1) is 9.22. The van der Waals surface area contributed by atoms with Gasteiger partial charge in [-0.3, -0.25) is 0 Å². The second-order valence-corrected chi connectivity index (χ2v) is 3.99. The molecule has 0 atom stereocenters. The normalized spacial score (nSPS) is 10.6. The summed E-state index contributed by atoms with van der Waals surface area (Å²) in [5.41, 5.74) is 5.14. The third kappa shape index (κ3) is 3.19.